The van der Waals surface area contributed by atoms with Crippen molar-refractivity contribution >= 4 is 22.7 Å². The van der Waals surface area contributed by atoms with E-state index in [9.17, 15) is 9.59 Å². The number of fused-ring (bicyclic) bond motifs is 1. The molecule has 29 heavy (non-hydrogen) atoms. The van der Waals surface area contributed by atoms with Crippen LogP contribution in [0.5, 0.6) is 0 Å². The monoisotopic (exact) mass is 384 g/mol. The normalized spacial score (nSPS) is 11.9. The van der Waals surface area contributed by atoms with Gasteiger partial charge in [-0.2, -0.15) is 0 Å². The second-order valence-corrected chi connectivity index (χ2v) is 6.74. The summed E-state index contributed by atoms with van der Waals surface area (Å²) in [6.45, 7) is 2.00. The average Bonchev–Trinajstić information content (AvgIpc) is 3.13. The lowest BCUT2D eigenvalue weighted by Crippen LogP contribution is -2.30. The smallest absolute Gasteiger partial charge is 0.270 e. The van der Waals surface area contributed by atoms with Crippen molar-refractivity contribution in [2.45, 2.75) is 19.5 Å². The van der Waals surface area contributed by atoms with E-state index in [1.54, 1.807) is 36.5 Å². The van der Waals surface area contributed by atoms with Crippen LogP contribution in [0.25, 0.3) is 11.0 Å². The van der Waals surface area contributed by atoms with Gasteiger partial charge in [0.05, 0.1) is 23.6 Å². The number of para-hydroxylation sites is 2. The number of pyridine rings is 1. The highest BCUT2D eigenvalue weighted by Crippen LogP contribution is 2.22. The number of hydrogen-bond donors (Lipinski definition) is 1. The third-order valence-corrected chi connectivity index (χ3v) is 4.71. The molecule has 0 bridgehead atoms. The lowest BCUT2D eigenvalue weighted by molar-refractivity contribution is 0.0932. The molecule has 2 aromatic heterocycles. The maximum Gasteiger partial charge on any atom is 0.270 e. The summed E-state index contributed by atoms with van der Waals surface area (Å²) in [5.74, 6) is 0.323. The molecular formula is C23H20N4O2. The highest BCUT2D eigenvalue weighted by atomic mass is 16.2. The number of benzene rings is 2. The van der Waals surface area contributed by atoms with Crippen molar-refractivity contribution in [2.75, 3.05) is 0 Å². The highest BCUT2D eigenvalue weighted by Gasteiger charge is 2.21. The minimum Gasteiger partial charge on any atom is -0.341 e. The molecule has 0 radical (unpaired) electrons. The molecule has 2 aromatic carbocycles. The number of hydrogen-bond acceptors (Lipinski definition) is 4. The van der Waals surface area contributed by atoms with Crippen LogP contribution in [-0.4, -0.2) is 26.2 Å². The molecule has 4 rings (SSSR count). The van der Waals surface area contributed by atoms with E-state index in [4.69, 9.17) is 0 Å². The van der Waals surface area contributed by atoms with Gasteiger partial charge < -0.3 is 9.88 Å². The number of carbonyl (C=O) groups is 2. The molecule has 1 amide bonds. The maximum atomic E-state index is 12.8. The molecule has 0 aliphatic heterocycles. The Kier molecular flexibility index (Phi) is 5.16. The fourth-order valence-electron chi connectivity index (χ4n) is 3.28. The lowest BCUT2D eigenvalue weighted by atomic mass is 10.1. The zero-order valence-electron chi connectivity index (χ0n) is 15.9. The third-order valence-electron chi connectivity index (χ3n) is 4.71. The Labute approximate surface area is 168 Å². The molecule has 0 fully saturated rings. The molecule has 6 heteroatoms. The van der Waals surface area contributed by atoms with Gasteiger partial charge in [-0.05, 0) is 31.2 Å². The molecule has 0 aliphatic rings. The van der Waals surface area contributed by atoms with Gasteiger partial charge in [-0.25, -0.2) is 4.98 Å². The van der Waals surface area contributed by atoms with E-state index in [1.165, 1.54) is 0 Å². The molecule has 0 saturated heterocycles. The summed E-state index contributed by atoms with van der Waals surface area (Å²) >= 11 is 0. The summed E-state index contributed by atoms with van der Waals surface area (Å²) in [6, 6.07) is 21.6. The van der Waals surface area contributed by atoms with E-state index in [-0.39, 0.29) is 18.2 Å². The van der Waals surface area contributed by atoms with Gasteiger partial charge >= 0.3 is 0 Å². The predicted octanol–water partition coefficient (Wildman–Crippen LogP) is 3.81. The predicted molar refractivity (Wildman–Crippen MR) is 111 cm³/mol. The second-order valence-electron chi connectivity index (χ2n) is 6.74. The van der Waals surface area contributed by atoms with E-state index in [0.29, 0.717) is 17.1 Å². The number of nitrogens with one attached hydrogen (secondary N) is 1. The van der Waals surface area contributed by atoms with Crippen molar-refractivity contribution < 1.29 is 9.59 Å². The number of ketones is 1. The quantitative estimate of drug-likeness (QED) is 0.513. The van der Waals surface area contributed by atoms with Crippen molar-refractivity contribution in [3.05, 3.63) is 96.1 Å². The minimum absolute atomic E-state index is 0.0155. The number of aromatic nitrogens is 3. The number of nitrogens with zero attached hydrogens (tertiary/aromatic N) is 3. The number of imidazole rings is 1. The summed E-state index contributed by atoms with van der Waals surface area (Å²) in [5.41, 5.74) is 2.61. The topological polar surface area (TPSA) is 76.9 Å². The first-order chi connectivity index (χ1) is 14.1. The van der Waals surface area contributed by atoms with E-state index < -0.39 is 6.04 Å². The van der Waals surface area contributed by atoms with Crippen LogP contribution in [0.15, 0.2) is 79.0 Å². The zero-order valence-corrected chi connectivity index (χ0v) is 15.9. The first-order valence-corrected chi connectivity index (χ1v) is 9.39. The van der Waals surface area contributed by atoms with E-state index in [2.05, 4.69) is 15.3 Å². The lowest BCUT2D eigenvalue weighted by Gasteiger charge is -2.16. The van der Waals surface area contributed by atoms with Gasteiger partial charge in [0.15, 0.2) is 5.78 Å². The van der Waals surface area contributed by atoms with Crippen molar-refractivity contribution in [3.8, 4) is 0 Å². The van der Waals surface area contributed by atoms with E-state index in [0.717, 1.165) is 11.0 Å². The second kappa shape index (κ2) is 8.06. The zero-order chi connectivity index (χ0) is 20.2. The van der Waals surface area contributed by atoms with Gasteiger partial charge in [-0.15, -0.1) is 0 Å². The van der Waals surface area contributed by atoms with Crippen LogP contribution in [0.3, 0.4) is 0 Å². The van der Waals surface area contributed by atoms with Gasteiger partial charge in [-0.1, -0.05) is 48.5 Å². The van der Waals surface area contributed by atoms with Crippen molar-refractivity contribution in [1.82, 2.24) is 19.9 Å². The molecule has 4 aromatic rings. The van der Waals surface area contributed by atoms with Crippen LogP contribution in [0.2, 0.25) is 0 Å². The van der Waals surface area contributed by atoms with E-state index >= 15 is 0 Å². The van der Waals surface area contributed by atoms with Crippen LogP contribution in [0.4, 0.5) is 0 Å². The SMILES string of the molecule is CC(NC(=O)c1ccccn1)c1nc2ccccc2n1CC(=O)c1ccccc1. The molecule has 0 saturated carbocycles. The minimum atomic E-state index is -0.402. The maximum absolute atomic E-state index is 12.8. The van der Waals surface area contributed by atoms with Crippen LogP contribution in [-0.2, 0) is 6.54 Å². The number of Topliss-reactive ketones (excluding diaryl/α,β-unsaturated/α-hetero) is 1. The molecular weight excluding hydrogens is 364 g/mol. The van der Waals surface area contributed by atoms with Gasteiger partial charge in [0.25, 0.3) is 5.91 Å². The Morgan fingerprint density at radius 1 is 0.966 bits per heavy atom. The molecule has 1 N–H and O–H groups in total. The number of rotatable bonds is 6. The Morgan fingerprint density at radius 2 is 1.69 bits per heavy atom. The average molecular weight is 384 g/mol. The fourth-order valence-corrected chi connectivity index (χ4v) is 3.28. The van der Waals surface area contributed by atoms with Gasteiger partial charge in [0, 0.05) is 11.8 Å². The molecule has 0 spiro atoms. The fraction of sp³-hybridized carbons (Fsp3) is 0.130. The summed E-state index contributed by atoms with van der Waals surface area (Å²) in [7, 11) is 0. The Bertz CT molecular complexity index is 1150. The summed E-state index contributed by atoms with van der Waals surface area (Å²) in [6.07, 6.45) is 1.58. The van der Waals surface area contributed by atoms with Gasteiger partial charge in [0.1, 0.15) is 11.5 Å². The van der Waals surface area contributed by atoms with E-state index in [1.807, 2.05) is 54.0 Å². The first kappa shape index (κ1) is 18.6. The number of carbonyl (C=O) groups excluding carboxylic acids is 2. The third kappa shape index (κ3) is 3.91. The largest absolute Gasteiger partial charge is 0.341 e. The van der Waals surface area contributed by atoms with Crippen LogP contribution >= 0.6 is 0 Å². The highest BCUT2D eigenvalue weighted by molar-refractivity contribution is 5.97. The van der Waals surface area contributed by atoms with Crippen molar-refractivity contribution in [3.63, 3.8) is 0 Å². The van der Waals surface area contributed by atoms with Crippen molar-refractivity contribution in [1.29, 1.82) is 0 Å². The van der Waals surface area contributed by atoms with Crippen LogP contribution < -0.4 is 5.32 Å². The van der Waals surface area contributed by atoms with Crippen LogP contribution in [0.1, 0.15) is 39.6 Å². The van der Waals surface area contributed by atoms with Crippen LogP contribution in [0, 0.1) is 0 Å². The molecule has 1 atom stereocenters. The Morgan fingerprint density at radius 3 is 2.45 bits per heavy atom. The van der Waals surface area contributed by atoms with Gasteiger partial charge in [-0.3, -0.25) is 14.6 Å². The molecule has 0 aliphatic carbocycles. The summed E-state index contributed by atoms with van der Waals surface area (Å²) < 4.78 is 1.87. The Hall–Kier alpha value is -3.80. The summed E-state index contributed by atoms with van der Waals surface area (Å²) in [5, 5.41) is 2.93. The standard InChI is InChI=1S/C23H20N4O2/c1-16(25-23(29)19-12-7-8-14-24-19)22-26-18-11-5-6-13-20(18)27(22)15-21(28)17-9-3-2-4-10-17/h2-14,16H,15H2,1H3,(H,25,29). The summed E-state index contributed by atoms with van der Waals surface area (Å²) in [4.78, 5) is 34.1. The number of amides is 1. The van der Waals surface area contributed by atoms with Crippen molar-refractivity contribution in [2.24, 2.45) is 0 Å². The van der Waals surface area contributed by atoms with Gasteiger partial charge in [0.2, 0.25) is 0 Å². The molecule has 6 nitrogen and oxygen atoms in total. The molecule has 2 heterocycles. The Balaban J connectivity index is 1.66. The molecule has 1 unspecified atom stereocenters. The first-order valence-electron chi connectivity index (χ1n) is 9.39. The molecule has 144 valence electrons.